The number of nitrogens with two attached hydrogens (primary N) is 1. The lowest BCUT2D eigenvalue weighted by Gasteiger charge is -2.28. The molecule has 1 heterocycles. The smallest absolute Gasteiger partial charge is 0.297 e. The van der Waals surface area contributed by atoms with Crippen molar-refractivity contribution in [3.05, 3.63) is 24.3 Å². The highest BCUT2D eigenvalue weighted by Gasteiger charge is 2.16. The van der Waals surface area contributed by atoms with Crippen molar-refractivity contribution >= 4 is 28.4 Å². The molecule has 0 radical (unpaired) electrons. The van der Waals surface area contributed by atoms with Crippen LogP contribution in [0, 0.1) is 0 Å². The number of carbonyl (C=O) groups is 1. The summed E-state index contributed by atoms with van der Waals surface area (Å²) in [7, 11) is 0. The molecule has 1 aliphatic heterocycles. The number of anilines is 2. The molecule has 3 N–H and O–H groups in total. The zero-order valence-corrected chi connectivity index (χ0v) is 8.38. The van der Waals surface area contributed by atoms with Gasteiger partial charge in [-0.15, -0.1) is 0 Å². The highest BCUT2D eigenvalue weighted by atomic mass is 32.2. The minimum atomic E-state index is -0.00641. The maximum atomic E-state index is 11.1. The largest absolute Gasteiger partial charge is 0.399 e. The zero-order valence-electron chi connectivity index (χ0n) is 7.56. The molecule has 0 unspecified atom stereocenters. The lowest BCUT2D eigenvalue weighted by atomic mass is 10.3. The number of rotatable bonds is 1. The molecule has 1 aliphatic rings. The first-order valence-corrected chi connectivity index (χ1v) is 5.31. The number of benzene rings is 1. The van der Waals surface area contributed by atoms with Crippen LogP contribution in [-0.4, -0.2) is 17.5 Å². The average Bonchev–Trinajstić information content (AvgIpc) is 2.19. The molecule has 0 aliphatic carbocycles. The van der Waals surface area contributed by atoms with Crippen molar-refractivity contribution in [3.63, 3.8) is 0 Å². The minimum Gasteiger partial charge on any atom is -0.399 e. The average molecular weight is 209 g/mol. The molecule has 0 saturated carbocycles. The summed E-state index contributed by atoms with van der Waals surface area (Å²) in [5.41, 5.74) is 10.0. The van der Waals surface area contributed by atoms with Gasteiger partial charge < -0.3 is 5.73 Å². The molecule has 0 spiro atoms. The first kappa shape index (κ1) is 9.21. The van der Waals surface area contributed by atoms with Crippen molar-refractivity contribution in [2.45, 2.75) is 0 Å². The first-order chi connectivity index (χ1) is 6.75. The lowest BCUT2D eigenvalue weighted by Crippen LogP contribution is -2.45. The van der Waals surface area contributed by atoms with E-state index in [1.165, 1.54) is 11.8 Å². The number of hydrogen-bond acceptors (Lipinski definition) is 4. The minimum absolute atomic E-state index is 0.00641. The Balaban J connectivity index is 2.14. The van der Waals surface area contributed by atoms with E-state index in [1.807, 2.05) is 29.3 Å². The summed E-state index contributed by atoms with van der Waals surface area (Å²) < 4.78 is 0. The quantitative estimate of drug-likeness (QED) is 0.687. The van der Waals surface area contributed by atoms with E-state index in [9.17, 15) is 4.79 Å². The molecule has 14 heavy (non-hydrogen) atoms. The Morgan fingerprint density at radius 3 is 2.71 bits per heavy atom. The third kappa shape index (κ3) is 1.93. The number of hydrazine groups is 1. The monoisotopic (exact) mass is 209 g/mol. The summed E-state index contributed by atoms with van der Waals surface area (Å²) in [5, 5.41) is 1.83. The van der Waals surface area contributed by atoms with Crippen LogP contribution < -0.4 is 16.2 Å². The maximum absolute atomic E-state index is 11.1. The second kappa shape index (κ2) is 3.79. The Bertz CT molecular complexity index is 338. The fourth-order valence-electron chi connectivity index (χ4n) is 1.28. The topological polar surface area (TPSA) is 58.4 Å². The normalized spacial score (nSPS) is 16.6. The van der Waals surface area contributed by atoms with Crippen molar-refractivity contribution in [2.24, 2.45) is 0 Å². The Morgan fingerprint density at radius 2 is 2.07 bits per heavy atom. The van der Waals surface area contributed by atoms with Crippen LogP contribution in [0.25, 0.3) is 0 Å². The predicted octanol–water partition coefficient (Wildman–Crippen LogP) is 1.45. The van der Waals surface area contributed by atoms with Crippen LogP contribution in [0.15, 0.2) is 24.3 Å². The molecular formula is C9H11N3OS. The Labute approximate surface area is 86.4 Å². The standard InChI is InChI=1S/C9H11N3OS/c10-7-1-3-8(4-2-7)12-5-6-14-9(13)11-12/h1-4H,5-6,10H2,(H,11,13). The SMILES string of the molecule is Nc1ccc(N2CCSC(=O)N2)cc1. The summed E-state index contributed by atoms with van der Waals surface area (Å²) in [6.45, 7) is 0.820. The maximum Gasteiger partial charge on any atom is 0.297 e. The van der Waals surface area contributed by atoms with Crippen LogP contribution in [0.5, 0.6) is 0 Å². The molecule has 0 bridgehead atoms. The highest BCUT2D eigenvalue weighted by Crippen LogP contribution is 2.18. The fourth-order valence-corrected chi connectivity index (χ4v) is 1.91. The van der Waals surface area contributed by atoms with Crippen molar-refractivity contribution in [1.29, 1.82) is 0 Å². The van der Waals surface area contributed by atoms with Gasteiger partial charge in [0.05, 0.1) is 5.69 Å². The molecule has 5 heteroatoms. The number of carbonyl (C=O) groups excluding carboxylic acids is 1. The summed E-state index contributed by atoms with van der Waals surface area (Å²) >= 11 is 1.30. The molecule has 0 atom stereocenters. The number of nitrogen functional groups attached to an aromatic ring is 1. The molecule has 4 nitrogen and oxygen atoms in total. The van der Waals surface area contributed by atoms with Gasteiger partial charge in [0.25, 0.3) is 5.24 Å². The van der Waals surface area contributed by atoms with Gasteiger partial charge in [-0.1, -0.05) is 11.8 Å². The third-order valence-electron chi connectivity index (χ3n) is 1.98. The molecule has 1 fully saturated rings. The molecular weight excluding hydrogens is 198 g/mol. The van der Waals surface area contributed by atoms with E-state index < -0.39 is 0 Å². The number of hydrogen-bond donors (Lipinski definition) is 2. The number of amides is 1. The summed E-state index contributed by atoms with van der Waals surface area (Å²) in [6, 6.07) is 7.43. The van der Waals surface area contributed by atoms with Crippen LogP contribution in [0.1, 0.15) is 0 Å². The van der Waals surface area contributed by atoms with Gasteiger partial charge in [0, 0.05) is 18.0 Å². The van der Waals surface area contributed by atoms with Crippen molar-refractivity contribution < 1.29 is 4.79 Å². The van der Waals surface area contributed by atoms with Crippen LogP contribution in [0.2, 0.25) is 0 Å². The molecule has 2 rings (SSSR count). The van der Waals surface area contributed by atoms with Crippen LogP contribution in [0.3, 0.4) is 0 Å². The van der Waals surface area contributed by atoms with E-state index in [1.54, 1.807) is 0 Å². The van der Waals surface area contributed by atoms with Crippen LogP contribution in [-0.2, 0) is 0 Å². The third-order valence-corrected chi connectivity index (χ3v) is 2.72. The van der Waals surface area contributed by atoms with E-state index in [0.717, 1.165) is 23.7 Å². The van der Waals surface area contributed by atoms with E-state index in [4.69, 9.17) is 5.73 Å². The highest BCUT2D eigenvalue weighted by molar-refractivity contribution is 8.13. The number of nitrogens with zero attached hydrogens (tertiary/aromatic N) is 1. The van der Waals surface area contributed by atoms with Gasteiger partial charge >= 0.3 is 0 Å². The van der Waals surface area contributed by atoms with Gasteiger partial charge in [-0.3, -0.25) is 15.2 Å². The Morgan fingerprint density at radius 1 is 1.36 bits per heavy atom. The second-order valence-corrected chi connectivity index (χ2v) is 4.06. The molecule has 1 saturated heterocycles. The van der Waals surface area contributed by atoms with E-state index in [-0.39, 0.29) is 5.24 Å². The zero-order chi connectivity index (χ0) is 9.97. The van der Waals surface area contributed by atoms with Crippen molar-refractivity contribution in [2.75, 3.05) is 23.0 Å². The summed E-state index contributed by atoms with van der Waals surface area (Å²) in [4.78, 5) is 11.1. The lowest BCUT2D eigenvalue weighted by molar-refractivity contribution is 0.259. The van der Waals surface area contributed by atoms with E-state index in [0.29, 0.717) is 0 Å². The predicted molar refractivity (Wildman–Crippen MR) is 59.2 cm³/mol. The molecule has 1 aromatic rings. The molecule has 1 amide bonds. The first-order valence-electron chi connectivity index (χ1n) is 4.32. The number of thioether (sulfide) groups is 1. The molecule has 0 aromatic heterocycles. The summed E-state index contributed by atoms with van der Waals surface area (Å²) in [5.74, 6) is 0.816. The van der Waals surface area contributed by atoms with Crippen molar-refractivity contribution in [3.8, 4) is 0 Å². The Hall–Kier alpha value is -1.36. The van der Waals surface area contributed by atoms with Gasteiger partial charge in [-0.25, -0.2) is 0 Å². The second-order valence-electron chi connectivity index (χ2n) is 2.99. The van der Waals surface area contributed by atoms with Gasteiger partial charge in [0.1, 0.15) is 0 Å². The van der Waals surface area contributed by atoms with E-state index >= 15 is 0 Å². The molecule has 1 aromatic carbocycles. The van der Waals surface area contributed by atoms with Crippen molar-refractivity contribution in [1.82, 2.24) is 5.43 Å². The van der Waals surface area contributed by atoms with Gasteiger partial charge in [-0.05, 0) is 24.3 Å². The number of nitrogens with one attached hydrogen (secondary N) is 1. The van der Waals surface area contributed by atoms with Crippen LogP contribution in [0.4, 0.5) is 16.2 Å². The summed E-state index contributed by atoms with van der Waals surface area (Å²) in [6.07, 6.45) is 0. The Kier molecular flexibility index (Phi) is 2.49. The molecule has 74 valence electrons. The fraction of sp³-hybridized carbons (Fsp3) is 0.222. The van der Waals surface area contributed by atoms with Gasteiger partial charge in [-0.2, -0.15) is 0 Å². The van der Waals surface area contributed by atoms with E-state index in [2.05, 4.69) is 5.43 Å². The van der Waals surface area contributed by atoms with Gasteiger partial charge in [0.2, 0.25) is 0 Å². The van der Waals surface area contributed by atoms with Gasteiger partial charge in [0.15, 0.2) is 0 Å². The van der Waals surface area contributed by atoms with Crippen LogP contribution >= 0.6 is 11.8 Å².